The van der Waals surface area contributed by atoms with E-state index in [1.54, 1.807) is 4.90 Å². The molecule has 0 heterocycles. The first-order valence-electron chi connectivity index (χ1n) is 10.8. The highest BCUT2D eigenvalue weighted by Crippen LogP contribution is 2.22. The predicted octanol–water partition coefficient (Wildman–Crippen LogP) is 5.46. The zero-order valence-electron chi connectivity index (χ0n) is 18.9. The van der Waals surface area contributed by atoms with Crippen LogP contribution in [0.25, 0.3) is 0 Å². The summed E-state index contributed by atoms with van der Waals surface area (Å²) in [5.41, 5.74) is 3.18. The van der Waals surface area contributed by atoms with Gasteiger partial charge in [0.05, 0.1) is 5.75 Å². The number of benzene rings is 2. The van der Waals surface area contributed by atoms with Crippen molar-refractivity contribution in [3.8, 4) is 0 Å². The Morgan fingerprint density at radius 1 is 1.06 bits per heavy atom. The van der Waals surface area contributed by atoms with Crippen LogP contribution in [0.5, 0.6) is 0 Å². The van der Waals surface area contributed by atoms with Crippen molar-refractivity contribution in [1.82, 2.24) is 10.2 Å². The van der Waals surface area contributed by atoms with E-state index in [9.17, 15) is 9.59 Å². The average molecular weight is 461 g/mol. The van der Waals surface area contributed by atoms with Crippen LogP contribution in [0.3, 0.4) is 0 Å². The number of nitrogens with one attached hydrogen (secondary N) is 1. The lowest BCUT2D eigenvalue weighted by Crippen LogP contribution is -2.50. The molecule has 0 fully saturated rings. The first kappa shape index (κ1) is 25.3. The van der Waals surface area contributed by atoms with Crippen LogP contribution in [-0.2, 0) is 21.9 Å². The topological polar surface area (TPSA) is 49.4 Å². The van der Waals surface area contributed by atoms with Gasteiger partial charge in [-0.3, -0.25) is 9.59 Å². The first-order valence-corrected chi connectivity index (χ1v) is 12.3. The van der Waals surface area contributed by atoms with Crippen molar-refractivity contribution in [2.75, 3.05) is 12.3 Å². The number of thioether (sulfide) groups is 1. The lowest BCUT2D eigenvalue weighted by atomic mass is 10.1. The number of hydrogen-bond donors (Lipinski definition) is 1. The fourth-order valence-electron chi connectivity index (χ4n) is 3.26. The minimum Gasteiger partial charge on any atom is -0.354 e. The lowest BCUT2D eigenvalue weighted by molar-refractivity contribution is -0.139. The molecule has 2 aromatic carbocycles. The normalized spacial score (nSPS) is 11.9. The molecule has 0 saturated heterocycles. The van der Waals surface area contributed by atoms with E-state index in [4.69, 9.17) is 11.6 Å². The number of amides is 2. The summed E-state index contributed by atoms with van der Waals surface area (Å²) < 4.78 is 0. The number of aryl methyl sites for hydroxylation is 1. The number of halogens is 1. The van der Waals surface area contributed by atoms with Crippen molar-refractivity contribution in [2.24, 2.45) is 5.92 Å². The lowest BCUT2D eigenvalue weighted by Gasteiger charge is -2.31. The highest BCUT2D eigenvalue weighted by Gasteiger charge is 2.28. The second kappa shape index (κ2) is 12.8. The van der Waals surface area contributed by atoms with Gasteiger partial charge in [0.25, 0.3) is 0 Å². The molecule has 0 aliphatic rings. The van der Waals surface area contributed by atoms with Gasteiger partial charge in [-0.15, -0.1) is 11.8 Å². The maximum absolute atomic E-state index is 13.3. The number of nitrogens with zero attached hydrogens (tertiary/aromatic N) is 1. The molecule has 0 saturated carbocycles. The van der Waals surface area contributed by atoms with Gasteiger partial charge in [0.15, 0.2) is 0 Å². The third-order valence-electron chi connectivity index (χ3n) is 5.11. The molecule has 0 aromatic heterocycles. The van der Waals surface area contributed by atoms with Crippen LogP contribution < -0.4 is 5.32 Å². The summed E-state index contributed by atoms with van der Waals surface area (Å²) in [6, 6.07) is 15.2. The van der Waals surface area contributed by atoms with Crippen LogP contribution in [0, 0.1) is 12.8 Å². The van der Waals surface area contributed by atoms with Crippen molar-refractivity contribution < 1.29 is 9.59 Å². The fourth-order valence-corrected chi connectivity index (χ4v) is 4.46. The van der Waals surface area contributed by atoms with Crippen molar-refractivity contribution in [3.05, 3.63) is 70.2 Å². The van der Waals surface area contributed by atoms with Gasteiger partial charge < -0.3 is 10.2 Å². The quantitative estimate of drug-likeness (QED) is 0.484. The van der Waals surface area contributed by atoms with E-state index in [0.29, 0.717) is 42.0 Å². The highest BCUT2D eigenvalue weighted by atomic mass is 35.5. The molecule has 0 spiro atoms. The molecule has 0 unspecified atom stereocenters. The van der Waals surface area contributed by atoms with E-state index >= 15 is 0 Å². The molecule has 0 aliphatic heterocycles. The second-order valence-corrected chi connectivity index (χ2v) is 9.49. The monoisotopic (exact) mass is 460 g/mol. The summed E-state index contributed by atoms with van der Waals surface area (Å²) in [5, 5.41) is 3.71. The molecule has 2 amide bonds. The van der Waals surface area contributed by atoms with Gasteiger partial charge in [-0.25, -0.2) is 0 Å². The SMILES string of the molecule is CC[C@@H](C(=O)NCC(C)C)N(Cc1ccccc1C)C(=O)CSCc1ccccc1Cl. The standard InChI is InChI=1S/C25H33ClN2O2S/c1-5-23(25(30)27-14-18(2)3)28(15-20-11-7-6-10-19(20)4)24(29)17-31-16-21-12-8-9-13-22(21)26/h6-13,18,23H,5,14-17H2,1-4H3,(H,27,30)/t23-/m0/s1. The van der Waals surface area contributed by atoms with Crippen molar-refractivity contribution in [1.29, 1.82) is 0 Å². The van der Waals surface area contributed by atoms with Gasteiger partial charge in [-0.2, -0.15) is 0 Å². The van der Waals surface area contributed by atoms with Crippen LogP contribution in [0.15, 0.2) is 48.5 Å². The molecule has 31 heavy (non-hydrogen) atoms. The van der Waals surface area contributed by atoms with E-state index in [0.717, 1.165) is 16.7 Å². The number of carbonyl (C=O) groups is 2. The van der Waals surface area contributed by atoms with Crippen LogP contribution in [-0.4, -0.2) is 35.1 Å². The highest BCUT2D eigenvalue weighted by molar-refractivity contribution is 7.99. The molecule has 4 nitrogen and oxygen atoms in total. The van der Waals surface area contributed by atoms with Crippen molar-refractivity contribution in [2.45, 2.75) is 52.5 Å². The van der Waals surface area contributed by atoms with Crippen molar-refractivity contribution >= 4 is 35.2 Å². The Morgan fingerprint density at radius 3 is 2.32 bits per heavy atom. The van der Waals surface area contributed by atoms with Gasteiger partial charge in [0.1, 0.15) is 6.04 Å². The van der Waals surface area contributed by atoms with E-state index in [-0.39, 0.29) is 11.8 Å². The van der Waals surface area contributed by atoms with Crippen LogP contribution >= 0.6 is 23.4 Å². The van der Waals surface area contributed by atoms with E-state index in [2.05, 4.69) is 19.2 Å². The third-order valence-corrected chi connectivity index (χ3v) is 6.45. The second-order valence-electron chi connectivity index (χ2n) is 8.10. The Kier molecular flexibility index (Phi) is 10.4. The summed E-state index contributed by atoms with van der Waals surface area (Å²) in [7, 11) is 0. The Labute approximate surface area is 195 Å². The Morgan fingerprint density at radius 2 is 1.71 bits per heavy atom. The smallest absolute Gasteiger partial charge is 0.242 e. The first-order chi connectivity index (χ1) is 14.8. The van der Waals surface area contributed by atoms with Gasteiger partial charge in [0.2, 0.25) is 11.8 Å². The summed E-state index contributed by atoms with van der Waals surface area (Å²) in [4.78, 5) is 27.9. The fraction of sp³-hybridized carbons (Fsp3) is 0.440. The average Bonchev–Trinajstić information content (AvgIpc) is 2.74. The summed E-state index contributed by atoms with van der Waals surface area (Å²) in [6.45, 7) is 9.12. The molecule has 2 rings (SSSR count). The Bertz CT molecular complexity index is 872. The van der Waals surface area contributed by atoms with Gasteiger partial charge in [-0.05, 0) is 42.0 Å². The van der Waals surface area contributed by atoms with E-state index in [1.807, 2.05) is 62.4 Å². The molecule has 2 aromatic rings. The molecule has 0 bridgehead atoms. The maximum Gasteiger partial charge on any atom is 0.242 e. The van der Waals surface area contributed by atoms with Crippen LogP contribution in [0.4, 0.5) is 0 Å². The molecule has 0 radical (unpaired) electrons. The maximum atomic E-state index is 13.3. The Hall–Kier alpha value is -1.98. The van der Waals surface area contributed by atoms with Gasteiger partial charge in [-0.1, -0.05) is 74.8 Å². The minimum atomic E-state index is -0.494. The number of carbonyl (C=O) groups excluding carboxylic acids is 2. The molecule has 1 N–H and O–H groups in total. The van der Waals surface area contributed by atoms with E-state index in [1.165, 1.54) is 11.8 Å². The van der Waals surface area contributed by atoms with Crippen LogP contribution in [0.2, 0.25) is 5.02 Å². The molecule has 1 atom stereocenters. The summed E-state index contributed by atoms with van der Waals surface area (Å²) >= 11 is 7.76. The summed E-state index contributed by atoms with van der Waals surface area (Å²) in [5.74, 6) is 1.18. The predicted molar refractivity (Wildman–Crippen MR) is 131 cm³/mol. The van der Waals surface area contributed by atoms with E-state index < -0.39 is 6.04 Å². The number of rotatable bonds is 11. The van der Waals surface area contributed by atoms with Crippen molar-refractivity contribution in [3.63, 3.8) is 0 Å². The third kappa shape index (κ3) is 7.89. The molecular formula is C25H33ClN2O2S. The molecular weight excluding hydrogens is 428 g/mol. The van der Waals surface area contributed by atoms with Gasteiger partial charge >= 0.3 is 0 Å². The number of hydrogen-bond acceptors (Lipinski definition) is 3. The molecule has 0 aliphatic carbocycles. The zero-order valence-corrected chi connectivity index (χ0v) is 20.4. The molecule has 168 valence electrons. The summed E-state index contributed by atoms with van der Waals surface area (Å²) in [6.07, 6.45) is 0.566. The Balaban J connectivity index is 2.14. The molecule has 6 heteroatoms. The van der Waals surface area contributed by atoms with Crippen LogP contribution in [0.1, 0.15) is 43.9 Å². The minimum absolute atomic E-state index is 0.0353. The largest absolute Gasteiger partial charge is 0.354 e. The van der Waals surface area contributed by atoms with Gasteiger partial charge in [0, 0.05) is 23.9 Å². The zero-order chi connectivity index (χ0) is 22.8.